The van der Waals surface area contributed by atoms with Crippen molar-refractivity contribution in [3.8, 4) is 6.07 Å². The first-order chi connectivity index (χ1) is 8.65. The van der Waals surface area contributed by atoms with Crippen LogP contribution in [0.15, 0.2) is 46.9 Å². The second-order valence-corrected chi connectivity index (χ2v) is 4.56. The molecular weight excluding hydrogens is 295 g/mol. The van der Waals surface area contributed by atoms with Crippen LogP contribution in [0.5, 0.6) is 0 Å². The zero-order valence-corrected chi connectivity index (χ0v) is 11.3. The lowest BCUT2D eigenvalue weighted by Crippen LogP contribution is -2.11. The molecule has 0 heterocycles. The summed E-state index contributed by atoms with van der Waals surface area (Å²) in [5.41, 5.74) is 1.60. The average Bonchev–Trinajstić information content (AvgIpc) is 2.42. The van der Waals surface area contributed by atoms with E-state index in [4.69, 9.17) is 5.26 Å². The van der Waals surface area contributed by atoms with E-state index in [2.05, 4.69) is 15.9 Å². The molecule has 0 amide bonds. The fourth-order valence-electron chi connectivity index (χ4n) is 1.68. The van der Waals surface area contributed by atoms with E-state index >= 15 is 0 Å². The van der Waals surface area contributed by atoms with Gasteiger partial charge in [-0.05, 0) is 40.2 Å². The molecule has 0 saturated heterocycles. The lowest BCUT2D eigenvalue weighted by atomic mass is 10.2. The Kier molecular flexibility index (Phi) is 3.63. The summed E-state index contributed by atoms with van der Waals surface area (Å²) in [6.07, 6.45) is 0. The van der Waals surface area contributed by atoms with Gasteiger partial charge in [0.25, 0.3) is 0 Å². The van der Waals surface area contributed by atoms with Crippen molar-refractivity contribution in [2.75, 3.05) is 11.9 Å². The number of rotatable bonds is 2. The Balaban J connectivity index is 2.47. The number of anilines is 2. The Bertz CT molecular complexity index is 605. The van der Waals surface area contributed by atoms with Crippen molar-refractivity contribution in [2.45, 2.75) is 0 Å². The molecule has 90 valence electrons. The largest absolute Gasteiger partial charge is 0.342 e. The Hall–Kier alpha value is -1.86. The van der Waals surface area contributed by atoms with Crippen LogP contribution < -0.4 is 4.90 Å². The van der Waals surface area contributed by atoms with Gasteiger partial charge in [0.2, 0.25) is 0 Å². The van der Waals surface area contributed by atoms with Gasteiger partial charge in [-0.25, -0.2) is 4.39 Å². The molecule has 2 aromatic rings. The number of nitrogens with zero attached hydrogens (tertiary/aromatic N) is 2. The molecule has 0 aromatic heterocycles. The van der Waals surface area contributed by atoms with Gasteiger partial charge in [0.05, 0.1) is 15.7 Å². The molecular formula is C14H10BrFN2. The van der Waals surface area contributed by atoms with Crippen LogP contribution in [0.4, 0.5) is 15.8 Å². The Morgan fingerprint density at radius 2 is 1.83 bits per heavy atom. The van der Waals surface area contributed by atoms with Crippen molar-refractivity contribution in [3.05, 3.63) is 58.3 Å². The number of halogens is 2. The first-order valence-corrected chi connectivity index (χ1v) is 6.11. The summed E-state index contributed by atoms with van der Waals surface area (Å²) in [7, 11) is 1.78. The number of nitriles is 1. The van der Waals surface area contributed by atoms with Crippen molar-refractivity contribution in [3.63, 3.8) is 0 Å². The first kappa shape index (κ1) is 12.6. The SMILES string of the molecule is CN(c1ccccc1)c1ccc(C#N)c(Br)c1F. The summed E-state index contributed by atoms with van der Waals surface area (Å²) in [6, 6.07) is 14.6. The van der Waals surface area contributed by atoms with Crippen molar-refractivity contribution >= 4 is 27.3 Å². The third-order valence-electron chi connectivity index (χ3n) is 2.69. The Morgan fingerprint density at radius 3 is 2.44 bits per heavy atom. The number of hydrogen-bond acceptors (Lipinski definition) is 2. The number of hydrogen-bond donors (Lipinski definition) is 0. The third kappa shape index (κ3) is 2.22. The molecule has 0 bridgehead atoms. The summed E-state index contributed by atoms with van der Waals surface area (Å²) in [5, 5.41) is 8.83. The van der Waals surface area contributed by atoms with E-state index in [9.17, 15) is 4.39 Å². The van der Waals surface area contributed by atoms with Crippen LogP contribution in [0.2, 0.25) is 0 Å². The van der Waals surface area contributed by atoms with Gasteiger partial charge in [-0.2, -0.15) is 5.26 Å². The van der Waals surface area contributed by atoms with Gasteiger partial charge in [-0.3, -0.25) is 0 Å². The highest BCUT2D eigenvalue weighted by atomic mass is 79.9. The zero-order valence-electron chi connectivity index (χ0n) is 9.69. The van der Waals surface area contributed by atoms with Gasteiger partial charge in [0.15, 0.2) is 5.82 Å². The highest BCUT2D eigenvalue weighted by Gasteiger charge is 2.14. The Labute approximate surface area is 113 Å². The average molecular weight is 305 g/mol. The molecule has 18 heavy (non-hydrogen) atoms. The molecule has 2 rings (SSSR count). The molecule has 0 atom stereocenters. The van der Waals surface area contributed by atoms with Crippen molar-refractivity contribution in [1.82, 2.24) is 0 Å². The van der Waals surface area contributed by atoms with Crippen LogP contribution >= 0.6 is 15.9 Å². The molecule has 2 aromatic carbocycles. The summed E-state index contributed by atoms with van der Waals surface area (Å²) in [5.74, 6) is -0.430. The second-order valence-electron chi connectivity index (χ2n) is 3.77. The van der Waals surface area contributed by atoms with Crippen molar-refractivity contribution in [1.29, 1.82) is 5.26 Å². The molecule has 0 aliphatic carbocycles. The topological polar surface area (TPSA) is 27.0 Å². The summed E-state index contributed by atoms with van der Waals surface area (Å²) in [6.45, 7) is 0. The minimum atomic E-state index is -0.430. The van der Waals surface area contributed by atoms with E-state index in [0.29, 0.717) is 5.69 Å². The summed E-state index contributed by atoms with van der Waals surface area (Å²) >= 11 is 3.11. The third-order valence-corrected chi connectivity index (χ3v) is 3.46. The van der Waals surface area contributed by atoms with Crippen molar-refractivity contribution < 1.29 is 4.39 Å². The molecule has 4 heteroatoms. The maximum atomic E-state index is 14.1. The predicted molar refractivity (Wildman–Crippen MR) is 73.3 cm³/mol. The highest BCUT2D eigenvalue weighted by molar-refractivity contribution is 9.10. The summed E-state index contributed by atoms with van der Waals surface area (Å²) < 4.78 is 14.3. The number of benzene rings is 2. The van der Waals surface area contributed by atoms with E-state index in [1.165, 1.54) is 0 Å². The molecule has 0 unspecified atom stereocenters. The minimum absolute atomic E-state index is 0.199. The highest BCUT2D eigenvalue weighted by Crippen LogP contribution is 2.32. The second kappa shape index (κ2) is 5.19. The summed E-state index contributed by atoms with van der Waals surface area (Å²) in [4.78, 5) is 1.74. The van der Waals surface area contributed by atoms with Crippen LogP contribution in [-0.2, 0) is 0 Å². The van der Waals surface area contributed by atoms with Gasteiger partial charge in [-0.1, -0.05) is 18.2 Å². The molecule has 0 saturated carbocycles. The molecule has 0 aliphatic heterocycles. The fourth-order valence-corrected chi connectivity index (χ4v) is 2.10. The van der Waals surface area contributed by atoms with Gasteiger partial charge in [0, 0.05) is 12.7 Å². The monoisotopic (exact) mass is 304 g/mol. The molecule has 0 N–H and O–H groups in total. The van der Waals surface area contributed by atoms with Gasteiger partial charge in [-0.15, -0.1) is 0 Å². The smallest absolute Gasteiger partial charge is 0.162 e. The minimum Gasteiger partial charge on any atom is -0.342 e. The standard InChI is InChI=1S/C14H10BrFN2/c1-18(11-5-3-2-4-6-11)12-8-7-10(9-17)13(15)14(12)16/h2-8H,1H3. The lowest BCUT2D eigenvalue weighted by molar-refractivity contribution is 0.620. The molecule has 0 radical (unpaired) electrons. The fraction of sp³-hybridized carbons (Fsp3) is 0.0714. The van der Waals surface area contributed by atoms with E-state index in [1.54, 1.807) is 24.1 Å². The van der Waals surface area contributed by atoms with E-state index < -0.39 is 5.82 Å². The van der Waals surface area contributed by atoms with Gasteiger partial charge < -0.3 is 4.90 Å². The van der Waals surface area contributed by atoms with Crippen LogP contribution in [0.3, 0.4) is 0 Å². The van der Waals surface area contributed by atoms with Crippen molar-refractivity contribution in [2.24, 2.45) is 0 Å². The van der Waals surface area contributed by atoms with Crippen LogP contribution in [0.1, 0.15) is 5.56 Å². The first-order valence-electron chi connectivity index (χ1n) is 5.32. The molecule has 2 nitrogen and oxygen atoms in total. The predicted octanol–water partition coefficient (Wildman–Crippen LogP) is 4.23. The Morgan fingerprint density at radius 1 is 1.17 bits per heavy atom. The van der Waals surface area contributed by atoms with Gasteiger partial charge >= 0.3 is 0 Å². The normalized spacial score (nSPS) is 9.89. The van der Waals surface area contributed by atoms with E-state index in [0.717, 1.165) is 5.69 Å². The lowest BCUT2D eigenvalue weighted by Gasteiger charge is -2.20. The van der Waals surface area contributed by atoms with Gasteiger partial charge in [0.1, 0.15) is 6.07 Å². The molecule has 0 fully saturated rings. The maximum absolute atomic E-state index is 14.1. The van der Waals surface area contributed by atoms with Crippen LogP contribution in [0, 0.1) is 17.1 Å². The maximum Gasteiger partial charge on any atom is 0.162 e. The van der Waals surface area contributed by atoms with E-state index in [1.807, 2.05) is 36.4 Å². The quantitative estimate of drug-likeness (QED) is 0.830. The molecule has 0 aliphatic rings. The molecule has 0 spiro atoms. The van der Waals surface area contributed by atoms with E-state index in [-0.39, 0.29) is 10.0 Å². The van der Waals surface area contributed by atoms with Crippen LogP contribution in [0.25, 0.3) is 0 Å². The van der Waals surface area contributed by atoms with Crippen LogP contribution in [-0.4, -0.2) is 7.05 Å². The number of para-hydroxylation sites is 1. The zero-order chi connectivity index (χ0) is 13.1.